The van der Waals surface area contributed by atoms with Crippen molar-refractivity contribution in [1.29, 1.82) is 5.41 Å². The fourth-order valence-corrected chi connectivity index (χ4v) is 1.91. The highest BCUT2D eigenvalue weighted by Crippen LogP contribution is 2.39. The monoisotopic (exact) mass is 267 g/mol. The third-order valence-corrected chi connectivity index (χ3v) is 2.62. The summed E-state index contributed by atoms with van der Waals surface area (Å²) in [6, 6.07) is 0. The minimum absolute atomic E-state index is 0.282. The normalized spacial score (nSPS) is 10.6. The summed E-state index contributed by atoms with van der Waals surface area (Å²) in [4.78, 5) is 25.7. The predicted molar refractivity (Wildman–Crippen MR) is 64.4 cm³/mol. The van der Waals surface area contributed by atoms with E-state index < -0.39 is 7.82 Å². The summed E-state index contributed by atoms with van der Waals surface area (Å²) in [6.07, 6.45) is 5.89. The van der Waals surface area contributed by atoms with E-state index in [2.05, 4.69) is 0 Å². The molecule has 0 aromatic carbocycles. The van der Waals surface area contributed by atoms with Crippen molar-refractivity contribution >= 4 is 13.9 Å². The number of carbonyl (C=O) groups excluding carboxylic acids is 1. The Balaban J connectivity index is 0. The third kappa shape index (κ3) is 18.1. The van der Waals surface area contributed by atoms with Crippen molar-refractivity contribution in [2.75, 3.05) is 0 Å². The highest BCUT2D eigenvalue weighted by molar-refractivity contribution is 7.46. The SMILES string of the molecule is CCCCC(CCCC)OP(=O)(O)O.N=C=O. The summed E-state index contributed by atoms with van der Waals surface area (Å²) >= 11 is 0. The first kappa shape index (κ1) is 18.8. The second kappa shape index (κ2) is 12.0. The van der Waals surface area contributed by atoms with Gasteiger partial charge < -0.3 is 9.79 Å². The van der Waals surface area contributed by atoms with E-state index in [0.29, 0.717) is 0 Å². The van der Waals surface area contributed by atoms with Crippen molar-refractivity contribution in [3.8, 4) is 0 Å². The molecule has 0 rings (SSSR count). The Hall–Kier alpha value is -0.510. The van der Waals surface area contributed by atoms with E-state index in [1.165, 1.54) is 0 Å². The van der Waals surface area contributed by atoms with Gasteiger partial charge in [-0.2, -0.15) is 0 Å². The van der Waals surface area contributed by atoms with E-state index in [9.17, 15) is 4.57 Å². The molecule has 0 radical (unpaired) electrons. The number of phosphoric ester groups is 1. The minimum Gasteiger partial charge on any atom is -0.303 e. The van der Waals surface area contributed by atoms with Gasteiger partial charge in [-0.25, -0.2) is 14.8 Å². The number of phosphoric acid groups is 1. The molecule has 3 N–H and O–H groups in total. The Morgan fingerprint density at radius 3 is 1.82 bits per heavy atom. The molecule has 0 aliphatic rings. The fraction of sp³-hybridized carbons (Fsp3) is 0.900. The van der Waals surface area contributed by atoms with Crippen LogP contribution in [-0.2, 0) is 13.9 Å². The maximum atomic E-state index is 10.6. The number of rotatable bonds is 8. The lowest BCUT2D eigenvalue weighted by Gasteiger charge is -2.17. The van der Waals surface area contributed by atoms with Gasteiger partial charge in [0.15, 0.2) is 0 Å². The Labute approximate surface area is 102 Å². The van der Waals surface area contributed by atoms with E-state index in [1.807, 2.05) is 13.8 Å². The van der Waals surface area contributed by atoms with Gasteiger partial charge in [-0.3, -0.25) is 4.52 Å². The number of hydrogen-bond acceptors (Lipinski definition) is 4. The van der Waals surface area contributed by atoms with E-state index in [0.717, 1.165) is 44.6 Å². The molecular formula is C10H22NO5P. The van der Waals surface area contributed by atoms with Gasteiger partial charge in [0.1, 0.15) is 0 Å². The van der Waals surface area contributed by atoms with Crippen LogP contribution < -0.4 is 0 Å². The molecule has 0 aromatic heterocycles. The molecule has 0 atom stereocenters. The Morgan fingerprint density at radius 2 is 1.59 bits per heavy atom. The van der Waals surface area contributed by atoms with Crippen LogP contribution in [0, 0.1) is 5.41 Å². The van der Waals surface area contributed by atoms with Crippen molar-refractivity contribution < 1.29 is 23.7 Å². The van der Waals surface area contributed by atoms with Crippen LogP contribution in [0.1, 0.15) is 52.4 Å². The molecule has 0 aromatic rings. The van der Waals surface area contributed by atoms with Crippen LogP contribution in [0.25, 0.3) is 0 Å². The molecule has 6 nitrogen and oxygen atoms in total. The first-order valence-electron chi connectivity index (χ1n) is 5.69. The summed E-state index contributed by atoms with van der Waals surface area (Å²) in [5.41, 5.74) is 0. The zero-order chi connectivity index (χ0) is 13.7. The zero-order valence-electron chi connectivity index (χ0n) is 10.4. The van der Waals surface area contributed by atoms with Crippen molar-refractivity contribution in [2.24, 2.45) is 0 Å². The second-order valence-corrected chi connectivity index (χ2v) is 4.80. The zero-order valence-corrected chi connectivity index (χ0v) is 11.3. The van der Waals surface area contributed by atoms with Crippen molar-refractivity contribution in [3.63, 3.8) is 0 Å². The van der Waals surface area contributed by atoms with Gasteiger partial charge in [-0.15, -0.1) is 0 Å². The van der Waals surface area contributed by atoms with Gasteiger partial charge in [0, 0.05) is 0 Å². The quantitative estimate of drug-likeness (QED) is 0.356. The van der Waals surface area contributed by atoms with Crippen LogP contribution in [0.2, 0.25) is 0 Å². The van der Waals surface area contributed by atoms with Crippen LogP contribution in [0.4, 0.5) is 0 Å². The van der Waals surface area contributed by atoms with Crippen molar-refractivity contribution in [2.45, 2.75) is 58.5 Å². The van der Waals surface area contributed by atoms with Gasteiger partial charge in [0.2, 0.25) is 6.08 Å². The highest BCUT2D eigenvalue weighted by atomic mass is 31.2. The summed E-state index contributed by atoms with van der Waals surface area (Å²) in [5, 5.41) is 5.40. The number of nitrogens with one attached hydrogen (secondary N) is 1. The molecular weight excluding hydrogens is 245 g/mol. The van der Waals surface area contributed by atoms with Gasteiger partial charge >= 0.3 is 7.82 Å². The molecule has 0 bridgehead atoms. The number of hydrogen-bond donors (Lipinski definition) is 3. The summed E-state index contributed by atoms with van der Waals surface area (Å²) in [7, 11) is -4.30. The highest BCUT2D eigenvalue weighted by Gasteiger charge is 2.21. The lowest BCUT2D eigenvalue weighted by molar-refractivity contribution is 0.116. The fourth-order valence-electron chi connectivity index (χ4n) is 1.31. The summed E-state index contributed by atoms with van der Waals surface area (Å²) in [6.45, 7) is 4.10. The van der Waals surface area contributed by atoms with Gasteiger partial charge in [-0.05, 0) is 12.8 Å². The van der Waals surface area contributed by atoms with Crippen LogP contribution in [-0.4, -0.2) is 22.0 Å². The topological polar surface area (TPSA) is 108 Å². The Kier molecular flexibility index (Phi) is 13.3. The predicted octanol–water partition coefficient (Wildman–Crippen LogP) is 2.75. The Morgan fingerprint density at radius 1 is 1.24 bits per heavy atom. The molecule has 0 unspecified atom stereocenters. The molecule has 102 valence electrons. The molecule has 0 aliphatic heterocycles. The average Bonchev–Trinajstić information content (AvgIpc) is 2.21. The van der Waals surface area contributed by atoms with Crippen molar-refractivity contribution in [1.82, 2.24) is 0 Å². The summed E-state index contributed by atoms with van der Waals surface area (Å²) in [5.74, 6) is 0. The first-order chi connectivity index (χ1) is 7.91. The molecule has 0 fully saturated rings. The van der Waals surface area contributed by atoms with E-state index in [4.69, 9.17) is 24.5 Å². The largest absolute Gasteiger partial charge is 0.469 e. The van der Waals surface area contributed by atoms with Gasteiger partial charge in [-0.1, -0.05) is 39.5 Å². The van der Waals surface area contributed by atoms with Crippen LogP contribution in [0.3, 0.4) is 0 Å². The summed E-state index contributed by atoms with van der Waals surface area (Å²) < 4.78 is 15.3. The van der Waals surface area contributed by atoms with Gasteiger partial charge in [0.05, 0.1) is 6.10 Å². The van der Waals surface area contributed by atoms with Crippen LogP contribution in [0.15, 0.2) is 0 Å². The maximum absolute atomic E-state index is 10.6. The number of isocyanates is 1. The first-order valence-corrected chi connectivity index (χ1v) is 7.22. The maximum Gasteiger partial charge on any atom is 0.469 e. The number of unbranched alkanes of at least 4 members (excludes halogenated alkanes) is 2. The molecule has 17 heavy (non-hydrogen) atoms. The van der Waals surface area contributed by atoms with Crippen molar-refractivity contribution in [3.05, 3.63) is 0 Å². The lowest BCUT2D eigenvalue weighted by atomic mass is 10.1. The van der Waals surface area contributed by atoms with Crippen LogP contribution >= 0.6 is 7.82 Å². The third-order valence-electron chi connectivity index (χ3n) is 2.05. The smallest absolute Gasteiger partial charge is 0.303 e. The molecule has 7 heteroatoms. The van der Waals surface area contributed by atoms with E-state index in [-0.39, 0.29) is 6.10 Å². The molecule has 0 spiro atoms. The van der Waals surface area contributed by atoms with Gasteiger partial charge in [0.25, 0.3) is 0 Å². The van der Waals surface area contributed by atoms with E-state index >= 15 is 0 Å². The molecule has 0 saturated heterocycles. The second-order valence-electron chi connectivity index (χ2n) is 3.60. The van der Waals surface area contributed by atoms with E-state index in [1.54, 1.807) is 0 Å². The molecule has 0 heterocycles. The van der Waals surface area contributed by atoms with Crippen LogP contribution in [0.5, 0.6) is 0 Å². The molecule has 0 amide bonds. The standard InChI is InChI=1S/C9H21O4P.CHNO/c1-3-5-7-9(8-6-4-2)13-14(10,11)12;2-1-3/h9H,3-8H2,1-2H3,(H2,10,11,12);2H. The average molecular weight is 267 g/mol. The Bertz CT molecular complexity index is 239. The lowest BCUT2D eigenvalue weighted by Crippen LogP contribution is -2.11. The molecule has 0 saturated carbocycles. The minimum atomic E-state index is -4.30. The molecule has 0 aliphatic carbocycles.